The van der Waals surface area contributed by atoms with Crippen molar-refractivity contribution < 1.29 is 33.3 Å². The van der Waals surface area contributed by atoms with Crippen molar-refractivity contribution in [3.05, 3.63) is 78.5 Å². The summed E-state index contributed by atoms with van der Waals surface area (Å²) in [5, 5.41) is 0. The van der Waals surface area contributed by atoms with Crippen molar-refractivity contribution in [3.8, 4) is 50.8 Å². The van der Waals surface area contributed by atoms with Crippen LogP contribution >= 0.6 is 0 Å². The third-order valence-electron chi connectivity index (χ3n) is 6.03. The molecule has 0 N–H and O–H groups in total. The van der Waals surface area contributed by atoms with Crippen LogP contribution in [-0.2, 0) is 9.47 Å². The lowest BCUT2D eigenvalue weighted by Gasteiger charge is -2.12. The van der Waals surface area contributed by atoms with Gasteiger partial charge in [0.15, 0.2) is 0 Å². The minimum absolute atomic E-state index is 0.0381. The summed E-state index contributed by atoms with van der Waals surface area (Å²) in [6, 6.07) is 21.8. The second-order valence-corrected chi connectivity index (χ2v) is 7.93. The van der Waals surface area contributed by atoms with Crippen LogP contribution in [-0.4, -0.2) is 52.2 Å². The molecule has 0 radical (unpaired) electrons. The summed E-state index contributed by atoms with van der Waals surface area (Å²) in [4.78, 5) is 26.6. The Labute approximate surface area is 214 Å². The lowest BCUT2D eigenvalue weighted by Crippen LogP contribution is -2.20. The smallest absolute Gasteiger partial charge is 0.418 e. The van der Waals surface area contributed by atoms with Crippen LogP contribution < -0.4 is 14.2 Å². The molecule has 4 rings (SSSR count). The molecule has 0 amide bonds. The first-order chi connectivity index (χ1) is 18.0. The highest BCUT2D eigenvalue weighted by molar-refractivity contribution is 6.09. The fourth-order valence-electron chi connectivity index (χ4n) is 4.24. The van der Waals surface area contributed by atoms with Crippen LogP contribution in [0, 0.1) is 0 Å². The van der Waals surface area contributed by atoms with Crippen molar-refractivity contribution in [1.82, 2.24) is 4.57 Å². The van der Waals surface area contributed by atoms with Gasteiger partial charge in [-0.2, -0.15) is 0 Å². The molecular formula is C29H27NO7. The average molecular weight is 502 g/mol. The van der Waals surface area contributed by atoms with E-state index in [-0.39, 0.29) is 5.69 Å². The Balaban J connectivity index is 2.18. The monoisotopic (exact) mass is 501 g/mol. The topological polar surface area (TPSA) is 85.2 Å². The molecule has 0 bridgehead atoms. The summed E-state index contributed by atoms with van der Waals surface area (Å²) in [6.07, 6.45) is -0.735. The molecule has 0 aliphatic rings. The number of carbonyl (C=O) groups is 2. The first-order valence-electron chi connectivity index (χ1n) is 11.4. The maximum absolute atomic E-state index is 13.3. The van der Waals surface area contributed by atoms with Crippen molar-refractivity contribution in [2.75, 3.05) is 35.5 Å². The van der Waals surface area contributed by atoms with Crippen LogP contribution in [0.1, 0.15) is 10.5 Å². The Morgan fingerprint density at radius 2 is 0.946 bits per heavy atom. The molecule has 37 heavy (non-hydrogen) atoms. The van der Waals surface area contributed by atoms with Gasteiger partial charge in [0.25, 0.3) is 0 Å². The number of esters is 1. The second-order valence-electron chi connectivity index (χ2n) is 7.93. The van der Waals surface area contributed by atoms with Gasteiger partial charge in [-0.3, -0.25) is 0 Å². The third-order valence-corrected chi connectivity index (χ3v) is 6.03. The summed E-state index contributed by atoms with van der Waals surface area (Å²) < 4.78 is 27.5. The quantitative estimate of drug-likeness (QED) is 0.291. The number of nitrogens with zero attached hydrogens (tertiary/aromatic N) is 1. The van der Waals surface area contributed by atoms with E-state index in [4.69, 9.17) is 23.7 Å². The van der Waals surface area contributed by atoms with E-state index < -0.39 is 12.1 Å². The molecule has 0 saturated carbocycles. The largest absolute Gasteiger partial charge is 0.497 e. The van der Waals surface area contributed by atoms with Gasteiger partial charge in [-0.05, 0) is 65.2 Å². The zero-order valence-corrected chi connectivity index (χ0v) is 21.2. The fraction of sp³-hybridized carbons (Fsp3) is 0.172. The second kappa shape index (κ2) is 10.9. The molecule has 0 aliphatic heterocycles. The Kier molecular flexibility index (Phi) is 7.48. The first kappa shape index (κ1) is 25.4. The number of carbonyl (C=O) groups excluding carboxylic acids is 2. The number of rotatable bonds is 7. The number of hydrogen-bond donors (Lipinski definition) is 0. The van der Waals surface area contributed by atoms with Gasteiger partial charge in [0.2, 0.25) is 0 Å². The fourth-order valence-corrected chi connectivity index (χ4v) is 4.24. The van der Waals surface area contributed by atoms with Crippen molar-refractivity contribution in [1.29, 1.82) is 0 Å². The number of aromatic nitrogens is 1. The van der Waals surface area contributed by atoms with Gasteiger partial charge < -0.3 is 23.7 Å². The first-order valence-corrected chi connectivity index (χ1v) is 11.4. The molecular weight excluding hydrogens is 474 g/mol. The van der Waals surface area contributed by atoms with E-state index in [9.17, 15) is 9.59 Å². The molecule has 4 aromatic rings. The van der Waals surface area contributed by atoms with E-state index in [1.165, 1.54) is 18.8 Å². The standard InChI is InChI=1S/C29H27NO7/c1-33-21-12-6-18(7-13-21)24-25(19-8-14-22(34-2)15-9-19)27(28(31)36-4)30(29(32)37-5)26(24)20-10-16-23(35-3)17-11-20/h6-17H,1-5H3. The van der Waals surface area contributed by atoms with Gasteiger partial charge in [0.1, 0.15) is 22.9 Å². The number of methoxy groups -OCH3 is 5. The molecule has 0 atom stereocenters. The summed E-state index contributed by atoms with van der Waals surface area (Å²) in [7, 11) is 7.28. The molecule has 0 saturated heterocycles. The summed E-state index contributed by atoms with van der Waals surface area (Å²) in [6.45, 7) is 0. The maximum Gasteiger partial charge on any atom is 0.418 e. The Hall–Kier alpha value is -4.72. The highest BCUT2D eigenvalue weighted by Crippen LogP contribution is 2.46. The molecule has 0 unspecified atom stereocenters. The predicted octanol–water partition coefficient (Wildman–Crippen LogP) is 5.92. The van der Waals surface area contributed by atoms with Gasteiger partial charge in [-0.25, -0.2) is 14.2 Å². The van der Waals surface area contributed by atoms with Crippen molar-refractivity contribution in [2.24, 2.45) is 0 Å². The molecule has 0 fully saturated rings. The van der Waals surface area contributed by atoms with Gasteiger partial charge >= 0.3 is 12.1 Å². The highest BCUT2D eigenvalue weighted by Gasteiger charge is 2.33. The van der Waals surface area contributed by atoms with Crippen LogP contribution in [0.25, 0.3) is 33.5 Å². The van der Waals surface area contributed by atoms with Gasteiger partial charge in [0, 0.05) is 11.1 Å². The highest BCUT2D eigenvalue weighted by atomic mass is 16.5. The van der Waals surface area contributed by atoms with Crippen molar-refractivity contribution >= 4 is 12.1 Å². The van der Waals surface area contributed by atoms with E-state index in [1.54, 1.807) is 45.6 Å². The molecule has 3 aromatic carbocycles. The predicted molar refractivity (Wildman–Crippen MR) is 140 cm³/mol. The minimum atomic E-state index is -0.735. The summed E-state index contributed by atoms with van der Waals surface area (Å²) in [5.74, 6) is 1.28. The summed E-state index contributed by atoms with van der Waals surface area (Å²) >= 11 is 0. The zero-order chi connectivity index (χ0) is 26.5. The van der Waals surface area contributed by atoms with E-state index >= 15 is 0 Å². The van der Waals surface area contributed by atoms with E-state index in [0.717, 1.165) is 5.56 Å². The van der Waals surface area contributed by atoms with Gasteiger partial charge in [-0.15, -0.1) is 0 Å². The van der Waals surface area contributed by atoms with Gasteiger partial charge in [-0.1, -0.05) is 24.3 Å². The Morgan fingerprint density at radius 1 is 0.541 bits per heavy atom. The van der Waals surface area contributed by atoms with Crippen LogP contribution in [0.2, 0.25) is 0 Å². The average Bonchev–Trinajstić information content (AvgIpc) is 3.32. The number of hydrogen-bond acceptors (Lipinski definition) is 7. The summed E-state index contributed by atoms with van der Waals surface area (Å²) in [5.41, 5.74) is 3.76. The van der Waals surface area contributed by atoms with E-state index in [1.807, 2.05) is 48.5 Å². The normalized spacial score (nSPS) is 10.5. The molecule has 0 spiro atoms. The Bertz CT molecular complexity index is 1320. The maximum atomic E-state index is 13.3. The van der Waals surface area contributed by atoms with Crippen LogP contribution in [0.15, 0.2) is 72.8 Å². The van der Waals surface area contributed by atoms with Crippen molar-refractivity contribution in [3.63, 3.8) is 0 Å². The molecule has 0 aliphatic carbocycles. The van der Waals surface area contributed by atoms with Gasteiger partial charge in [0.05, 0.1) is 41.2 Å². The third kappa shape index (κ3) is 4.73. The number of benzene rings is 3. The van der Waals surface area contributed by atoms with Crippen LogP contribution in [0.5, 0.6) is 17.2 Å². The minimum Gasteiger partial charge on any atom is -0.497 e. The molecule has 8 nitrogen and oxygen atoms in total. The number of ether oxygens (including phenoxy) is 5. The van der Waals surface area contributed by atoms with Crippen LogP contribution in [0.4, 0.5) is 4.79 Å². The molecule has 1 heterocycles. The lowest BCUT2D eigenvalue weighted by atomic mass is 9.92. The van der Waals surface area contributed by atoms with E-state index in [0.29, 0.717) is 45.2 Å². The lowest BCUT2D eigenvalue weighted by molar-refractivity contribution is 0.0588. The van der Waals surface area contributed by atoms with E-state index in [2.05, 4.69) is 0 Å². The molecule has 8 heteroatoms. The van der Waals surface area contributed by atoms with Crippen LogP contribution in [0.3, 0.4) is 0 Å². The molecule has 190 valence electrons. The SMILES string of the molecule is COC(=O)c1c(-c2ccc(OC)cc2)c(-c2ccc(OC)cc2)c(-c2ccc(OC)cc2)n1C(=O)OC. The zero-order valence-electron chi connectivity index (χ0n) is 21.2. The Morgan fingerprint density at radius 3 is 1.32 bits per heavy atom. The van der Waals surface area contributed by atoms with Crippen molar-refractivity contribution in [2.45, 2.75) is 0 Å². The molecule has 1 aromatic heterocycles.